The van der Waals surface area contributed by atoms with Gasteiger partial charge in [0.25, 0.3) is 0 Å². The van der Waals surface area contributed by atoms with Gasteiger partial charge >= 0.3 is 0 Å². The first-order valence-corrected chi connectivity index (χ1v) is 10.1. The normalized spacial score (nSPS) is 23.6. The van der Waals surface area contributed by atoms with Gasteiger partial charge in [0.1, 0.15) is 11.9 Å². The van der Waals surface area contributed by atoms with Gasteiger partial charge in [-0.05, 0) is 35.4 Å². The molecule has 0 amide bonds. The minimum Gasteiger partial charge on any atom is -0.478 e. The van der Waals surface area contributed by atoms with Gasteiger partial charge in [-0.15, -0.1) is 0 Å². The highest BCUT2D eigenvalue weighted by Crippen LogP contribution is 2.55. The monoisotopic (exact) mass is 408 g/mol. The van der Waals surface area contributed by atoms with Gasteiger partial charge in [0, 0.05) is 27.6 Å². The Bertz CT molecular complexity index is 1030. The molecule has 0 aliphatic carbocycles. The Morgan fingerprint density at radius 3 is 2.07 bits per heavy atom. The lowest BCUT2D eigenvalue weighted by molar-refractivity contribution is 0.00954. The Balaban J connectivity index is 1.69. The van der Waals surface area contributed by atoms with Crippen LogP contribution in [0.25, 0.3) is 11.3 Å². The maximum Gasteiger partial charge on any atom is 0.166 e. The van der Waals surface area contributed by atoms with E-state index < -0.39 is 5.60 Å². The van der Waals surface area contributed by atoms with E-state index in [4.69, 9.17) is 32.7 Å². The average Bonchev–Trinajstić information content (AvgIpc) is 3.27. The fourth-order valence-electron chi connectivity index (χ4n) is 4.17. The largest absolute Gasteiger partial charge is 0.478 e. The minimum absolute atomic E-state index is 0.190. The molecule has 2 atom stereocenters. The van der Waals surface area contributed by atoms with Crippen LogP contribution in [0.2, 0.25) is 10.0 Å². The summed E-state index contributed by atoms with van der Waals surface area (Å²) < 4.78 is 13.0. The van der Waals surface area contributed by atoms with Crippen molar-refractivity contribution >= 4 is 34.5 Å². The van der Waals surface area contributed by atoms with Crippen LogP contribution in [0.3, 0.4) is 0 Å². The number of ether oxygens (including phenoxy) is 2. The van der Waals surface area contributed by atoms with Crippen molar-refractivity contribution in [1.29, 1.82) is 0 Å². The number of fused-ring (bicyclic) bond motifs is 1. The Hall–Kier alpha value is -2.26. The zero-order chi connectivity index (χ0) is 19.1. The average molecular weight is 409 g/mol. The molecule has 2 heterocycles. The highest BCUT2D eigenvalue weighted by Gasteiger charge is 2.55. The lowest BCUT2D eigenvalue weighted by atomic mass is 9.83. The molecule has 5 rings (SSSR count). The molecule has 140 valence electrons. The zero-order valence-corrected chi connectivity index (χ0v) is 16.6. The van der Waals surface area contributed by atoms with E-state index in [-0.39, 0.29) is 6.10 Å². The third-order valence-electron chi connectivity index (χ3n) is 5.50. The fourth-order valence-corrected chi connectivity index (χ4v) is 4.43. The molecule has 0 saturated carbocycles. The molecule has 2 aliphatic rings. The van der Waals surface area contributed by atoms with Gasteiger partial charge in [-0.3, -0.25) is 0 Å². The molecular formula is C24H18Cl2O2. The first kappa shape index (κ1) is 17.8. The SMILES string of the molecule is Clc1ccc(C2=C(c3ccccc3)O[C@@]3(c4ccc(Cl)cc4)CCO[C@@H]23)cc1. The Morgan fingerprint density at radius 1 is 0.750 bits per heavy atom. The van der Waals surface area contributed by atoms with E-state index in [2.05, 4.69) is 12.1 Å². The summed E-state index contributed by atoms with van der Waals surface area (Å²) in [6, 6.07) is 26.0. The standard InChI is InChI=1S/C24H18Cl2O2/c25-19-10-6-16(7-11-19)21-22(17-4-2-1-3-5-17)28-24(14-15-27-23(21)24)18-8-12-20(26)13-9-18/h1-13,23H,14-15H2/t23-,24+/m0/s1. The van der Waals surface area contributed by atoms with Crippen molar-refractivity contribution in [2.75, 3.05) is 6.61 Å². The summed E-state index contributed by atoms with van der Waals surface area (Å²) in [4.78, 5) is 0. The lowest BCUT2D eigenvalue weighted by Crippen LogP contribution is -2.33. The molecular weight excluding hydrogens is 391 g/mol. The third kappa shape index (κ3) is 2.84. The molecule has 3 aromatic rings. The van der Waals surface area contributed by atoms with E-state index in [0.717, 1.165) is 34.4 Å². The van der Waals surface area contributed by atoms with Gasteiger partial charge in [-0.25, -0.2) is 0 Å². The smallest absolute Gasteiger partial charge is 0.166 e. The summed E-state index contributed by atoms with van der Waals surface area (Å²) in [5, 5.41) is 1.42. The van der Waals surface area contributed by atoms with Gasteiger partial charge in [0.05, 0.1) is 6.61 Å². The quantitative estimate of drug-likeness (QED) is 0.487. The van der Waals surface area contributed by atoms with E-state index in [1.165, 1.54) is 0 Å². The number of hydrogen-bond donors (Lipinski definition) is 0. The maximum atomic E-state index is 6.76. The van der Waals surface area contributed by atoms with E-state index in [9.17, 15) is 0 Å². The molecule has 0 unspecified atom stereocenters. The predicted octanol–water partition coefficient (Wildman–Crippen LogP) is 6.58. The first-order valence-electron chi connectivity index (χ1n) is 9.29. The summed E-state index contributed by atoms with van der Waals surface area (Å²) in [6.45, 7) is 0.645. The number of benzene rings is 3. The number of hydrogen-bond acceptors (Lipinski definition) is 2. The van der Waals surface area contributed by atoms with Crippen LogP contribution in [-0.4, -0.2) is 12.7 Å². The third-order valence-corrected chi connectivity index (χ3v) is 6.00. The van der Waals surface area contributed by atoms with E-state index in [0.29, 0.717) is 16.7 Å². The highest BCUT2D eigenvalue weighted by molar-refractivity contribution is 6.30. The van der Waals surface area contributed by atoms with Crippen molar-refractivity contribution in [1.82, 2.24) is 0 Å². The minimum atomic E-state index is -0.551. The fraction of sp³-hybridized carbons (Fsp3) is 0.167. The molecule has 3 aromatic carbocycles. The van der Waals surface area contributed by atoms with Gasteiger partial charge in [0.15, 0.2) is 5.60 Å². The van der Waals surface area contributed by atoms with Crippen LogP contribution in [0.1, 0.15) is 23.1 Å². The Morgan fingerprint density at radius 2 is 1.39 bits per heavy atom. The first-order chi connectivity index (χ1) is 13.7. The molecule has 4 heteroatoms. The van der Waals surface area contributed by atoms with Crippen molar-refractivity contribution in [2.24, 2.45) is 0 Å². The van der Waals surface area contributed by atoms with Crippen molar-refractivity contribution < 1.29 is 9.47 Å². The van der Waals surface area contributed by atoms with Gasteiger partial charge in [-0.1, -0.05) is 77.8 Å². The molecule has 2 aliphatic heterocycles. The number of halogens is 2. The van der Waals surface area contributed by atoms with Crippen LogP contribution in [0.15, 0.2) is 78.9 Å². The topological polar surface area (TPSA) is 18.5 Å². The second-order valence-corrected chi connectivity index (χ2v) is 7.99. The molecule has 0 spiro atoms. The van der Waals surface area contributed by atoms with Crippen molar-refractivity contribution in [3.8, 4) is 0 Å². The Kier molecular flexibility index (Phi) is 4.43. The molecule has 2 nitrogen and oxygen atoms in total. The van der Waals surface area contributed by atoms with E-state index in [1.54, 1.807) is 0 Å². The maximum absolute atomic E-state index is 6.76. The summed E-state index contributed by atoms with van der Waals surface area (Å²) in [7, 11) is 0. The number of rotatable bonds is 3. The molecule has 28 heavy (non-hydrogen) atoms. The van der Waals surface area contributed by atoms with Gasteiger partial charge in [0.2, 0.25) is 0 Å². The van der Waals surface area contributed by atoms with Crippen molar-refractivity contribution in [3.63, 3.8) is 0 Å². The molecule has 0 radical (unpaired) electrons. The second-order valence-electron chi connectivity index (χ2n) is 7.11. The van der Waals surface area contributed by atoms with Crippen LogP contribution in [0.5, 0.6) is 0 Å². The van der Waals surface area contributed by atoms with Crippen LogP contribution >= 0.6 is 23.2 Å². The highest BCUT2D eigenvalue weighted by atomic mass is 35.5. The van der Waals surface area contributed by atoms with Crippen LogP contribution in [-0.2, 0) is 15.1 Å². The molecule has 0 N–H and O–H groups in total. The second kappa shape index (κ2) is 6.97. The molecule has 0 bridgehead atoms. The molecule has 0 aromatic heterocycles. The van der Waals surface area contributed by atoms with E-state index >= 15 is 0 Å². The zero-order valence-electron chi connectivity index (χ0n) is 15.1. The summed E-state index contributed by atoms with van der Waals surface area (Å²) in [5.41, 5.74) is 3.70. The summed E-state index contributed by atoms with van der Waals surface area (Å²) in [5.74, 6) is 0.863. The lowest BCUT2D eigenvalue weighted by Gasteiger charge is -2.29. The summed E-state index contributed by atoms with van der Waals surface area (Å²) in [6.07, 6.45) is 0.595. The van der Waals surface area contributed by atoms with Crippen LogP contribution in [0, 0.1) is 0 Å². The Labute approximate surface area is 174 Å². The van der Waals surface area contributed by atoms with Crippen LogP contribution < -0.4 is 0 Å². The van der Waals surface area contributed by atoms with E-state index in [1.807, 2.05) is 66.7 Å². The molecule has 1 fully saturated rings. The van der Waals surface area contributed by atoms with Crippen molar-refractivity contribution in [3.05, 3.63) is 106 Å². The molecule has 1 saturated heterocycles. The predicted molar refractivity (Wildman–Crippen MR) is 113 cm³/mol. The summed E-state index contributed by atoms with van der Waals surface area (Å²) >= 11 is 12.3. The van der Waals surface area contributed by atoms with Crippen LogP contribution in [0.4, 0.5) is 0 Å². The van der Waals surface area contributed by atoms with Gasteiger partial charge < -0.3 is 9.47 Å². The van der Waals surface area contributed by atoms with Crippen molar-refractivity contribution in [2.45, 2.75) is 18.1 Å². The van der Waals surface area contributed by atoms with Gasteiger partial charge in [-0.2, -0.15) is 0 Å².